The summed E-state index contributed by atoms with van der Waals surface area (Å²) in [5.74, 6) is -3.19. The second-order valence-electron chi connectivity index (χ2n) is 16.3. The summed E-state index contributed by atoms with van der Waals surface area (Å²) >= 11 is 3.77. The first-order chi connectivity index (χ1) is 24.0. The normalized spacial score (nSPS) is 26.7. The van der Waals surface area contributed by atoms with Crippen molar-refractivity contribution in [1.29, 1.82) is 0 Å². The molecule has 1 N–H and O–H groups in total. The Morgan fingerprint density at radius 1 is 1.14 bits per heavy atom. The van der Waals surface area contributed by atoms with Crippen molar-refractivity contribution in [2.75, 3.05) is 26.7 Å². The third-order valence-electron chi connectivity index (χ3n) is 10.7. The lowest BCUT2D eigenvalue weighted by Crippen LogP contribution is -2.61. The van der Waals surface area contributed by atoms with Gasteiger partial charge in [-0.15, -0.1) is 13.2 Å². The van der Waals surface area contributed by atoms with Crippen molar-refractivity contribution in [3.63, 3.8) is 0 Å². The number of aliphatic hydroxyl groups excluding tert-OH is 1. The highest BCUT2D eigenvalue weighted by Gasteiger charge is 2.77. The molecule has 282 valence electrons. The smallest absolute Gasteiger partial charge is 0.313 e. The number of benzene rings is 1. The van der Waals surface area contributed by atoms with Gasteiger partial charge in [0.1, 0.15) is 17.7 Å². The Kier molecular flexibility index (Phi) is 13.0. The molecule has 0 saturated carbocycles. The quantitative estimate of drug-likeness (QED) is 0.0917. The van der Waals surface area contributed by atoms with Gasteiger partial charge >= 0.3 is 5.97 Å². The number of rotatable bonds is 17. The SMILES string of the molecule is C=CCCC(=O)N(C)[C@H](C)[C@H](OC(=O)[C@H]1[C@@H]2O[C@@]3(CC2Br)[C@@H]1C(=O)N(CCCCO)[C@@H]3C(=O)N(CC=C)C(C)(C)CC(C)(C)C)c1ccccc1. The van der Waals surface area contributed by atoms with Crippen molar-refractivity contribution < 1.29 is 33.8 Å². The zero-order valence-electron chi connectivity index (χ0n) is 31.5. The van der Waals surface area contributed by atoms with Crippen LogP contribution < -0.4 is 0 Å². The number of carbonyl (C=O) groups excluding carboxylic acids is 4. The molecule has 8 atom stereocenters. The maximum atomic E-state index is 15.0. The minimum Gasteiger partial charge on any atom is -0.455 e. The average Bonchev–Trinajstić information content (AvgIpc) is 3.66. The molecular formula is C40H58BrN3O7. The maximum Gasteiger partial charge on any atom is 0.313 e. The first-order valence-corrected chi connectivity index (χ1v) is 19.1. The Bertz CT molecular complexity index is 1440. The minimum atomic E-state index is -1.27. The fraction of sp³-hybridized carbons (Fsp3) is 0.650. The van der Waals surface area contributed by atoms with Crippen molar-refractivity contribution in [3.8, 4) is 0 Å². The van der Waals surface area contributed by atoms with E-state index >= 15 is 4.79 Å². The third kappa shape index (κ3) is 8.31. The van der Waals surface area contributed by atoms with Crippen LogP contribution in [0.25, 0.3) is 0 Å². The maximum absolute atomic E-state index is 15.0. The number of hydrogen-bond acceptors (Lipinski definition) is 7. The molecule has 0 aromatic heterocycles. The number of hydrogen-bond donors (Lipinski definition) is 1. The number of fused-ring (bicyclic) bond motifs is 1. The highest BCUT2D eigenvalue weighted by atomic mass is 79.9. The van der Waals surface area contributed by atoms with Crippen LogP contribution in [-0.2, 0) is 28.7 Å². The molecular weight excluding hydrogens is 714 g/mol. The number of alkyl halides is 1. The predicted molar refractivity (Wildman–Crippen MR) is 201 cm³/mol. The fourth-order valence-corrected chi connectivity index (χ4v) is 9.68. The van der Waals surface area contributed by atoms with E-state index in [0.717, 1.165) is 0 Å². The summed E-state index contributed by atoms with van der Waals surface area (Å²) in [7, 11) is 1.70. The Balaban J connectivity index is 1.74. The monoisotopic (exact) mass is 771 g/mol. The first kappa shape index (κ1) is 40.7. The Morgan fingerprint density at radius 3 is 2.39 bits per heavy atom. The topological polar surface area (TPSA) is 117 Å². The van der Waals surface area contributed by atoms with E-state index in [2.05, 4.69) is 49.9 Å². The Labute approximate surface area is 312 Å². The van der Waals surface area contributed by atoms with Crippen molar-refractivity contribution in [3.05, 3.63) is 61.2 Å². The number of likely N-dealkylation sites (N-methyl/N-ethyl adjacent to an activating group) is 1. The Hall–Kier alpha value is -3.02. The molecule has 1 spiro atoms. The summed E-state index contributed by atoms with van der Waals surface area (Å²) < 4.78 is 13.2. The average molecular weight is 773 g/mol. The van der Waals surface area contributed by atoms with Crippen LogP contribution in [-0.4, -0.2) is 104 Å². The van der Waals surface area contributed by atoms with Crippen LogP contribution >= 0.6 is 15.9 Å². The molecule has 0 aliphatic carbocycles. The molecule has 1 aromatic rings. The molecule has 2 bridgehead atoms. The highest BCUT2D eigenvalue weighted by molar-refractivity contribution is 9.09. The minimum absolute atomic E-state index is 0.0446. The van der Waals surface area contributed by atoms with E-state index in [9.17, 15) is 19.5 Å². The lowest BCUT2D eigenvalue weighted by atomic mass is 9.70. The molecule has 0 radical (unpaired) electrons. The van der Waals surface area contributed by atoms with E-state index in [0.29, 0.717) is 37.7 Å². The molecule has 3 saturated heterocycles. The summed E-state index contributed by atoms with van der Waals surface area (Å²) in [5, 5.41) is 9.60. The molecule has 11 heteroatoms. The van der Waals surface area contributed by atoms with Crippen LogP contribution in [0, 0.1) is 17.3 Å². The predicted octanol–water partition coefficient (Wildman–Crippen LogP) is 5.83. The highest BCUT2D eigenvalue weighted by Crippen LogP contribution is 2.61. The number of unbranched alkanes of at least 4 members (excludes halogenated alkanes) is 1. The van der Waals surface area contributed by atoms with Gasteiger partial charge in [0, 0.05) is 43.5 Å². The van der Waals surface area contributed by atoms with Gasteiger partial charge in [0.2, 0.25) is 17.7 Å². The van der Waals surface area contributed by atoms with Crippen LogP contribution in [0.1, 0.15) is 91.7 Å². The van der Waals surface area contributed by atoms with Crippen molar-refractivity contribution in [2.45, 2.75) is 120 Å². The van der Waals surface area contributed by atoms with Crippen LogP contribution in [0.2, 0.25) is 0 Å². The van der Waals surface area contributed by atoms with E-state index in [1.807, 2.05) is 51.1 Å². The zero-order chi connectivity index (χ0) is 37.9. The van der Waals surface area contributed by atoms with Crippen molar-refractivity contribution >= 4 is 39.6 Å². The van der Waals surface area contributed by atoms with Crippen LogP contribution in [0.4, 0.5) is 0 Å². The molecule has 4 rings (SSSR count). The number of ether oxygens (including phenoxy) is 2. The van der Waals surface area contributed by atoms with Crippen molar-refractivity contribution in [2.24, 2.45) is 17.3 Å². The molecule has 3 fully saturated rings. The van der Waals surface area contributed by atoms with Crippen molar-refractivity contribution in [1.82, 2.24) is 14.7 Å². The van der Waals surface area contributed by atoms with Gasteiger partial charge in [-0.05, 0) is 63.9 Å². The zero-order valence-corrected chi connectivity index (χ0v) is 33.1. The van der Waals surface area contributed by atoms with Gasteiger partial charge in [0.05, 0.1) is 24.0 Å². The van der Waals surface area contributed by atoms with E-state index in [1.54, 1.807) is 33.9 Å². The van der Waals surface area contributed by atoms with Gasteiger partial charge in [-0.1, -0.05) is 79.2 Å². The molecule has 3 heterocycles. The summed E-state index contributed by atoms with van der Waals surface area (Å²) in [6.45, 7) is 20.4. The second-order valence-corrected chi connectivity index (χ2v) is 17.4. The van der Waals surface area contributed by atoms with Gasteiger partial charge in [0.25, 0.3) is 0 Å². The number of halogens is 1. The number of likely N-dealkylation sites (tertiary alicyclic amines) is 1. The lowest BCUT2D eigenvalue weighted by molar-refractivity contribution is -0.164. The molecule has 3 aliphatic heterocycles. The van der Waals surface area contributed by atoms with Crippen LogP contribution in [0.5, 0.6) is 0 Å². The molecule has 1 aromatic carbocycles. The summed E-state index contributed by atoms with van der Waals surface area (Å²) in [6, 6.07) is 7.78. The lowest BCUT2D eigenvalue weighted by Gasteiger charge is -2.45. The summed E-state index contributed by atoms with van der Waals surface area (Å²) in [4.78, 5) is 62.0. The fourth-order valence-electron chi connectivity index (χ4n) is 8.74. The van der Waals surface area contributed by atoms with E-state index in [1.165, 1.54) is 0 Å². The van der Waals surface area contributed by atoms with E-state index in [4.69, 9.17) is 9.47 Å². The van der Waals surface area contributed by atoms with Gasteiger partial charge in [-0.3, -0.25) is 19.2 Å². The van der Waals surface area contributed by atoms with Crippen LogP contribution in [0.15, 0.2) is 55.6 Å². The number of aliphatic hydroxyl groups is 1. The number of allylic oxidation sites excluding steroid dienone is 1. The van der Waals surface area contributed by atoms with Crippen LogP contribution in [0.3, 0.4) is 0 Å². The summed E-state index contributed by atoms with van der Waals surface area (Å²) in [6.07, 6.45) is 4.68. The molecule has 1 unspecified atom stereocenters. The molecule has 10 nitrogen and oxygen atoms in total. The first-order valence-electron chi connectivity index (χ1n) is 18.2. The largest absolute Gasteiger partial charge is 0.455 e. The summed E-state index contributed by atoms with van der Waals surface area (Å²) in [5.41, 5.74) is -1.23. The second kappa shape index (κ2) is 16.3. The number of esters is 1. The van der Waals surface area contributed by atoms with E-state index in [-0.39, 0.29) is 54.1 Å². The van der Waals surface area contributed by atoms with Gasteiger partial charge < -0.3 is 29.3 Å². The number of carbonyl (C=O) groups is 4. The number of amides is 3. The number of nitrogens with zero attached hydrogens (tertiary/aromatic N) is 3. The Morgan fingerprint density at radius 2 is 1.80 bits per heavy atom. The molecule has 51 heavy (non-hydrogen) atoms. The van der Waals surface area contributed by atoms with Gasteiger partial charge in [0.15, 0.2) is 0 Å². The molecule has 3 aliphatic rings. The third-order valence-corrected chi connectivity index (χ3v) is 11.6. The van der Waals surface area contributed by atoms with Gasteiger partial charge in [-0.2, -0.15) is 0 Å². The van der Waals surface area contributed by atoms with E-state index < -0.39 is 53.2 Å². The standard InChI is InChI=1S/C40H58BrN3O7/c1-10-12-20-29(46)42(9)26(3)32(27-18-14-13-15-19-27)50-37(49)30-31-35(47)43(22-16-17-23-45)34(40(31)24-28(41)33(30)51-40)36(48)44(21-11-2)39(7,8)25-38(4,5)6/h10-11,13-15,18-19,26,28,30-34,45H,1-2,12,16-17,20-25H2,3-9H3/t26-,28?,30-,31+,32+,33-,34-,40+/m1/s1. The van der Waals surface area contributed by atoms with Gasteiger partial charge in [-0.25, -0.2) is 0 Å². The molecule has 3 amide bonds.